The second-order valence-electron chi connectivity index (χ2n) is 9.89. The molecule has 0 aliphatic rings. The molecule has 1 N–H and O–H groups in total. The molecule has 0 amide bonds. The second-order valence-corrected chi connectivity index (χ2v) is 16.7. The van der Waals surface area contributed by atoms with Crippen molar-refractivity contribution in [2.45, 2.75) is 69.3 Å². The normalized spacial score (nSPS) is 13.6. The second kappa shape index (κ2) is 8.38. The zero-order valence-electron chi connectivity index (χ0n) is 17.7. The average molecular weight is 495 g/mol. The van der Waals surface area contributed by atoms with Crippen molar-refractivity contribution in [2.75, 3.05) is 0 Å². The number of hydrogen-bond acceptors (Lipinski definition) is 1. The van der Waals surface area contributed by atoms with Crippen LogP contribution in [0.3, 0.4) is 0 Å². The summed E-state index contributed by atoms with van der Waals surface area (Å²) in [6.07, 6.45) is 3.30. The summed E-state index contributed by atoms with van der Waals surface area (Å²) in [5.41, 5.74) is 0.255. The van der Waals surface area contributed by atoms with Gasteiger partial charge in [0.05, 0.1) is 0 Å². The molecule has 0 aliphatic carbocycles. The molecular weight excluding hydrogens is 459 g/mol. The molecule has 1 nitrogen and oxygen atoms in total. The molecule has 3 heteroatoms. The molecule has 27 heavy (non-hydrogen) atoms. The Morgan fingerprint density at radius 3 is 1.52 bits per heavy atom. The highest BCUT2D eigenvalue weighted by atomic mass is 127. The van der Waals surface area contributed by atoms with Gasteiger partial charge in [0, 0.05) is 3.42 Å². The monoisotopic (exact) mass is 494 g/mol. The van der Waals surface area contributed by atoms with Gasteiger partial charge >= 0.3 is 0 Å². The molecule has 0 saturated carbocycles. The van der Waals surface area contributed by atoms with E-state index in [9.17, 15) is 4.80 Å². The fourth-order valence-electron chi connectivity index (χ4n) is 4.37. The van der Waals surface area contributed by atoms with Crippen LogP contribution < -0.4 is 10.4 Å². The van der Waals surface area contributed by atoms with Crippen molar-refractivity contribution in [1.29, 1.82) is 0 Å². The minimum Gasteiger partial charge on any atom is -0.424 e. The van der Waals surface area contributed by atoms with Gasteiger partial charge in [-0.2, -0.15) is 0 Å². The molecule has 0 fully saturated rings. The maximum absolute atomic E-state index is 12.2. The van der Waals surface area contributed by atoms with Crippen LogP contribution in [0.25, 0.3) is 0 Å². The lowest BCUT2D eigenvalue weighted by molar-refractivity contribution is 0.261. The fourth-order valence-corrected chi connectivity index (χ4v) is 9.13. The summed E-state index contributed by atoms with van der Waals surface area (Å²) in [4.78, 5) is 12.2. The molecule has 0 radical (unpaired) electrons. The van der Waals surface area contributed by atoms with Crippen LogP contribution in [0.15, 0.2) is 60.7 Å². The molecule has 2 rings (SSSR count). The first-order chi connectivity index (χ1) is 12.4. The topological polar surface area (TPSA) is 20.2 Å². The Morgan fingerprint density at radius 2 is 1.15 bits per heavy atom. The highest BCUT2D eigenvalue weighted by Crippen LogP contribution is 2.45. The molecule has 0 heterocycles. The smallest absolute Gasteiger partial charge is 0.258 e. The molecular formula is C24H35IOSi. The predicted octanol–water partition coefficient (Wildman–Crippen LogP) is 5.93. The first kappa shape index (κ1) is 22.6. The number of halogens is 1. The van der Waals surface area contributed by atoms with E-state index in [0.717, 1.165) is 23.2 Å². The van der Waals surface area contributed by atoms with Gasteiger partial charge in [0.2, 0.25) is 0 Å². The molecule has 0 saturated heterocycles. The van der Waals surface area contributed by atoms with Crippen molar-refractivity contribution in [3.05, 3.63) is 60.7 Å². The number of hydrogen-bond donors (Lipinski definition) is 1. The van der Waals surface area contributed by atoms with Gasteiger partial charge in [0.25, 0.3) is 8.32 Å². The summed E-state index contributed by atoms with van der Waals surface area (Å²) in [5, 5.41) is 2.05. The van der Waals surface area contributed by atoms with E-state index in [2.05, 4.69) is 113 Å². The summed E-state index contributed by atoms with van der Waals surface area (Å²) < 4.78 is 0.290. The van der Waals surface area contributed by atoms with Crippen molar-refractivity contribution in [3.63, 3.8) is 0 Å². The van der Waals surface area contributed by atoms with Crippen LogP contribution in [0, 0.1) is 5.41 Å². The van der Waals surface area contributed by atoms with Crippen molar-refractivity contribution in [2.24, 2.45) is 5.41 Å². The summed E-state index contributed by atoms with van der Waals surface area (Å²) in [5.74, 6) is 0. The first-order valence-electron chi connectivity index (χ1n) is 9.90. The Hall–Kier alpha value is -0.653. The van der Waals surface area contributed by atoms with Gasteiger partial charge in [-0.05, 0) is 40.1 Å². The summed E-state index contributed by atoms with van der Waals surface area (Å²) >= 11 is 2.56. The maximum atomic E-state index is 12.2. The van der Waals surface area contributed by atoms with E-state index in [1.807, 2.05) is 12.1 Å². The van der Waals surface area contributed by atoms with Crippen molar-refractivity contribution in [1.82, 2.24) is 0 Å². The van der Waals surface area contributed by atoms with E-state index < -0.39 is 8.32 Å². The minimum absolute atomic E-state index is 0.164. The van der Waals surface area contributed by atoms with Crippen LogP contribution >= 0.6 is 22.6 Å². The van der Waals surface area contributed by atoms with E-state index in [0.29, 0.717) is 0 Å². The third kappa shape index (κ3) is 5.67. The zero-order valence-corrected chi connectivity index (χ0v) is 20.9. The van der Waals surface area contributed by atoms with Gasteiger partial charge < -0.3 is 4.80 Å². The number of benzene rings is 2. The highest BCUT2D eigenvalue weighted by molar-refractivity contribution is 14.1. The van der Waals surface area contributed by atoms with Gasteiger partial charge in [0.15, 0.2) is 0 Å². The lowest BCUT2D eigenvalue weighted by Crippen LogP contribution is -2.65. The molecule has 0 spiro atoms. The van der Waals surface area contributed by atoms with Crippen molar-refractivity contribution < 1.29 is 4.80 Å². The van der Waals surface area contributed by atoms with Crippen molar-refractivity contribution >= 4 is 41.3 Å². The van der Waals surface area contributed by atoms with Crippen LogP contribution in [0.1, 0.15) is 60.8 Å². The highest BCUT2D eigenvalue weighted by Gasteiger charge is 2.50. The quantitative estimate of drug-likeness (QED) is 0.274. The van der Waals surface area contributed by atoms with Crippen LogP contribution in [0.5, 0.6) is 0 Å². The minimum atomic E-state index is -2.89. The molecule has 0 aromatic heterocycles. The van der Waals surface area contributed by atoms with Gasteiger partial charge in [0.1, 0.15) is 0 Å². The molecule has 0 atom stereocenters. The third-order valence-corrected chi connectivity index (χ3v) is 10.6. The summed E-state index contributed by atoms with van der Waals surface area (Å²) in [6, 6.07) is 20.7. The third-order valence-electron chi connectivity index (χ3n) is 5.69. The van der Waals surface area contributed by atoms with Crippen LogP contribution in [0.4, 0.5) is 0 Å². The number of rotatable bonds is 8. The average Bonchev–Trinajstić information content (AvgIpc) is 2.59. The Labute approximate surface area is 180 Å². The molecule has 148 valence electrons. The van der Waals surface area contributed by atoms with Gasteiger partial charge in [-0.3, -0.25) is 0 Å². The molecule has 2 aromatic rings. The lowest BCUT2D eigenvalue weighted by atomic mass is 9.78. The maximum Gasteiger partial charge on any atom is 0.258 e. The lowest BCUT2D eigenvalue weighted by Gasteiger charge is -2.43. The van der Waals surface area contributed by atoms with Gasteiger partial charge in [-0.25, -0.2) is 0 Å². The predicted molar refractivity (Wildman–Crippen MR) is 130 cm³/mol. The summed E-state index contributed by atoms with van der Waals surface area (Å²) in [7, 11) is -2.89. The molecule has 0 bridgehead atoms. The van der Waals surface area contributed by atoms with Crippen LogP contribution in [-0.4, -0.2) is 16.5 Å². The Balaban J connectivity index is 2.38. The number of alkyl halides is 1. The fraction of sp³-hybridized carbons (Fsp3) is 0.500. The van der Waals surface area contributed by atoms with Gasteiger partial charge in [-0.1, -0.05) is 125 Å². The first-order valence-corrected chi connectivity index (χ1v) is 12.9. The SMILES string of the molecule is CC(C)(I)CC(C)(C)CCC(C)(C)[Si](O)(c1ccccc1)c1ccccc1. The Morgan fingerprint density at radius 1 is 0.741 bits per heavy atom. The zero-order chi connectivity index (χ0) is 20.3. The van der Waals surface area contributed by atoms with E-state index >= 15 is 0 Å². The standard InChI is InChI=1S/C24H35IOSi/c1-22(2,19-23(3,4)25)17-18-24(5,6)27(26,20-13-9-7-10-14-20)21-15-11-8-12-16-21/h7-16,26H,17-19H2,1-6H3. The molecule has 0 unspecified atom stereocenters. The van der Waals surface area contributed by atoms with Crippen LogP contribution in [-0.2, 0) is 0 Å². The summed E-state index contributed by atoms with van der Waals surface area (Å²) in [6.45, 7) is 13.9. The van der Waals surface area contributed by atoms with Crippen molar-refractivity contribution in [3.8, 4) is 0 Å². The molecule has 2 aromatic carbocycles. The Bertz CT molecular complexity index is 678. The largest absolute Gasteiger partial charge is 0.424 e. The van der Waals surface area contributed by atoms with E-state index in [1.54, 1.807) is 0 Å². The van der Waals surface area contributed by atoms with Crippen LogP contribution in [0.2, 0.25) is 5.04 Å². The van der Waals surface area contributed by atoms with E-state index in [-0.39, 0.29) is 13.9 Å². The van der Waals surface area contributed by atoms with E-state index in [1.165, 1.54) is 6.42 Å². The molecule has 0 aliphatic heterocycles. The Kier molecular flexibility index (Phi) is 7.02. The van der Waals surface area contributed by atoms with Gasteiger partial charge in [-0.15, -0.1) is 0 Å². The van der Waals surface area contributed by atoms with E-state index in [4.69, 9.17) is 0 Å².